The Bertz CT molecular complexity index is 1590. The summed E-state index contributed by atoms with van der Waals surface area (Å²) in [4.78, 5) is 16.4. The van der Waals surface area contributed by atoms with Crippen LogP contribution in [0.15, 0.2) is 121 Å². The minimum absolute atomic E-state index is 0.113. The number of hydrogen-bond donors (Lipinski definition) is 0. The summed E-state index contributed by atoms with van der Waals surface area (Å²) in [5.74, 6) is 0.393. The average molecular weight is 659 g/mol. The van der Waals surface area contributed by atoms with Crippen LogP contribution in [0, 0.1) is 17.2 Å². The lowest BCUT2D eigenvalue weighted by Gasteiger charge is -2.51. The molecule has 4 atom stereocenters. The van der Waals surface area contributed by atoms with E-state index in [0.717, 1.165) is 5.56 Å². The van der Waals surface area contributed by atoms with Gasteiger partial charge in [-0.1, -0.05) is 160 Å². The fourth-order valence-corrected chi connectivity index (χ4v) is 16.5. The molecule has 0 aliphatic heterocycles. The largest absolute Gasteiger partial charge is 0.404 e. The third-order valence-corrected chi connectivity index (χ3v) is 20.0. The molecule has 244 valence electrons. The molecule has 4 aromatic rings. The van der Waals surface area contributed by atoms with Gasteiger partial charge in [0, 0.05) is 19.1 Å². The maximum Gasteiger partial charge on any atom is 0.261 e. The van der Waals surface area contributed by atoms with E-state index in [1.54, 1.807) is 0 Å². The Hall–Kier alpha value is -3.61. The van der Waals surface area contributed by atoms with Crippen LogP contribution in [-0.4, -0.2) is 45.8 Å². The molecule has 0 heterocycles. The van der Waals surface area contributed by atoms with Crippen molar-refractivity contribution in [2.45, 2.75) is 82.9 Å². The molecule has 5 rings (SSSR count). The Balaban J connectivity index is 1.61. The van der Waals surface area contributed by atoms with Gasteiger partial charge in [0.05, 0.1) is 26.7 Å². The van der Waals surface area contributed by atoms with Crippen molar-refractivity contribution in [3.63, 3.8) is 0 Å². The molecule has 1 aliphatic rings. The topological polar surface area (TPSA) is 53.3 Å². The molecule has 1 saturated carbocycles. The number of carbonyl (C=O) groups is 1. The molecule has 0 amide bonds. The molecule has 0 N–H and O–H groups in total. The van der Waals surface area contributed by atoms with E-state index >= 15 is 0 Å². The minimum Gasteiger partial charge on any atom is -0.404 e. The fraction of sp³-hybridized carbons (Fsp3) is 0.366. The Labute approximate surface area is 284 Å². The molecule has 1 aliphatic carbocycles. The van der Waals surface area contributed by atoms with E-state index in [2.05, 4.69) is 155 Å². The van der Waals surface area contributed by atoms with Gasteiger partial charge in [0.1, 0.15) is 5.78 Å². The Morgan fingerprint density at radius 3 is 1.74 bits per heavy atom. The Morgan fingerprint density at radius 1 is 0.809 bits per heavy atom. The van der Waals surface area contributed by atoms with Crippen LogP contribution in [0.4, 0.5) is 0 Å². The van der Waals surface area contributed by atoms with Gasteiger partial charge in [-0.2, -0.15) is 5.26 Å². The molecule has 4 nitrogen and oxygen atoms in total. The summed E-state index contributed by atoms with van der Waals surface area (Å²) in [6, 6.07) is 44.8. The van der Waals surface area contributed by atoms with Gasteiger partial charge in [0.15, 0.2) is 0 Å². The lowest BCUT2D eigenvalue weighted by atomic mass is 9.80. The predicted octanol–water partition coefficient (Wildman–Crippen LogP) is 7.31. The summed E-state index contributed by atoms with van der Waals surface area (Å²) < 4.78 is 7.78. The molecule has 0 bridgehead atoms. The van der Waals surface area contributed by atoms with Gasteiger partial charge in [-0.05, 0) is 45.8 Å². The lowest BCUT2D eigenvalue weighted by molar-refractivity contribution is -0.128. The van der Waals surface area contributed by atoms with Crippen molar-refractivity contribution >= 4 is 37.7 Å². The smallest absolute Gasteiger partial charge is 0.261 e. The number of ketones is 1. The Morgan fingerprint density at radius 2 is 1.28 bits per heavy atom. The lowest BCUT2D eigenvalue weighted by Crippen LogP contribution is -2.68. The van der Waals surface area contributed by atoms with Crippen LogP contribution in [0.1, 0.15) is 46.1 Å². The van der Waals surface area contributed by atoms with E-state index < -0.39 is 16.4 Å². The summed E-state index contributed by atoms with van der Waals surface area (Å²) in [5.41, 5.74) is 1.31. The number of rotatable bonds is 11. The molecule has 0 saturated heterocycles. The van der Waals surface area contributed by atoms with E-state index in [-0.39, 0.29) is 41.0 Å². The highest BCUT2D eigenvalue weighted by Gasteiger charge is 2.54. The first-order valence-corrected chi connectivity index (χ1v) is 22.0. The molecule has 0 aromatic heterocycles. The van der Waals surface area contributed by atoms with Crippen LogP contribution < -0.4 is 15.6 Å². The highest BCUT2D eigenvalue weighted by atomic mass is 28.4. The van der Waals surface area contributed by atoms with Crippen LogP contribution in [0.2, 0.25) is 23.7 Å². The minimum atomic E-state index is -2.84. The fourth-order valence-electron chi connectivity index (χ4n) is 8.04. The predicted molar refractivity (Wildman–Crippen MR) is 199 cm³/mol. The van der Waals surface area contributed by atoms with Crippen LogP contribution in [0.5, 0.6) is 0 Å². The molecule has 0 unspecified atom stereocenters. The van der Waals surface area contributed by atoms with Crippen LogP contribution in [-0.2, 0) is 15.8 Å². The van der Waals surface area contributed by atoms with Crippen molar-refractivity contribution in [3.8, 4) is 6.07 Å². The summed E-state index contributed by atoms with van der Waals surface area (Å²) >= 11 is 0. The zero-order chi connectivity index (χ0) is 33.7. The number of carbonyl (C=O) groups excluding carboxylic acids is 1. The van der Waals surface area contributed by atoms with Crippen molar-refractivity contribution in [2.75, 3.05) is 6.54 Å². The van der Waals surface area contributed by atoms with Crippen molar-refractivity contribution in [2.24, 2.45) is 5.92 Å². The van der Waals surface area contributed by atoms with E-state index in [0.29, 0.717) is 19.4 Å². The highest BCUT2D eigenvalue weighted by molar-refractivity contribution is 6.99. The molecule has 0 spiro atoms. The second kappa shape index (κ2) is 14.7. The molecule has 47 heavy (non-hydrogen) atoms. The van der Waals surface area contributed by atoms with Crippen LogP contribution in [0.3, 0.4) is 0 Å². The average Bonchev–Trinajstić information content (AvgIpc) is 3.08. The van der Waals surface area contributed by atoms with E-state index in [9.17, 15) is 10.1 Å². The molecule has 1 fully saturated rings. The molecule has 0 radical (unpaired) electrons. The first-order chi connectivity index (χ1) is 22.5. The van der Waals surface area contributed by atoms with Gasteiger partial charge in [0.25, 0.3) is 8.32 Å². The monoisotopic (exact) mass is 658 g/mol. The number of nitriles is 1. The maximum absolute atomic E-state index is 14.3. The zero-order valence-electron chi connectivity index (χ0n) is 28.9. The zero-order valence-corrected chi connectivity index (χ0v) is 30.9. The molecule has 6 heteroatoms. The number of Topliss-reactive ketones (excluding diaryl/α,β-unsaturated/α-hetero) is 1. The normalized spacial score (nSPS) is 19.7. The van der Waals surface area contributed by atoms with E-state index in [1.807, 2.05) is 18.2 Å². The summed E-state index contributed by atoms with van der Waals surface area (Å²) in [7, 11) is -4.99. The summed E-state index contributed by atoms with van der Waals surface area (Å²) in [6.45, 7) is 14.9. The third-order valence-electron chi connectivity index (χ3n) is 10.6. The maximum atomic E-state index is 14.3. The second-order valence-electron chi connectivity index (χ2n) is 14.8. The standard InChI is InChI=1S/C41H50N2O2Si2/c1-32(45-47(41(2,3)4,35-23-15-9-16-24-35)36-25-17-10-18-26-36)37-29-38(43(28-27-42)31-33-19-11-7-12-20-33)39(44)30-40(37)46(5,6)34-21-13-8-14-22-34/h7-26,32,37-38,40H,28-31H2,1-6H3/t32-,37-,38-,40+/m1/s1. The number of benzene rings is 4. The number of hydrogen-bond acceptors (Lipinski definition) is 4. The first-order valence-electron chi connectivity index (χ1n) is 17.0. The first kappa shape index (κ1) is 34.7. The van der Waals surface area contributed by atoms with Gasteiger partial charge >= 0.3 is 0 Å². The van der Waals surface area contributed by atoms with Crippen molar-refractivity contribution in [3.05, 3.63) is 127 Å². The van der Waals surface area contributed by atoms with Gasteiger partial charge in [0.2, 0.25) is 0 Å². The van der Waals surface area contributed by atoms with Gasteiger partial charge in [-0.25, -0.2) is 0 Å². The van der Waals surface area contributed by atoms with E-state index in [1.165, 1.54) is 15.6 Å². The highest BCUT2D eigenvalue weighted by Crippen LogP contribution is 2.46. The summed E-state index contributed by atoms with van der Waals surface area (Å²) in [6.07, 6.45) is 1.08. The SMILES string of the molecule is C[C@@H](O[Si](c1ccccc1)(c1ccccc1)C(C)(C)C)[C@H]1C[C@@H](N(CC#N)Cc2ccccc2)C(=O)C[C@@H]1[Si](C)(C)c1ccccc1. The molecule has 4 aromatic carbocycles. The van der Waals surface area contributed by atoms with Crippen molar-refractivity contribution in [1.29, 1.82) is 5.26 Å². The second-order valence-corrected chi connectivity index (χ2v) is 23.8. The van der Waals surface area contributed by atoms with Crippen LogP contribution >= 0.6 is 0 Å². The quantitative estimate of drug-likeness (QED) is 0.125. The van der Waals surface area contributed by atoms with Crippen molar-refractivity contribution in [1.82, 2.24) is 4.90 Å². The third kappa shape index (κ3) is 7.29. The van der Waals surface area contributed by atoms with Crippen LogP contribution in [0.25, 0.3) is 0 Å². The van der Waals surface area contributed by atoms with Gasteiger partial charge in [-0.15, -0.1) is 0 Å². The van der Waals surface area contributed by atoms with Gasteiger partial charge in [-0.3, -0.25) is 9.69 Å². The van der Waals surface area contributed by atoms with Gasteiger partial charge < -0.3 is 4.43 Å². The summed E-state index contributed by atoms with van der Waals surface area (Å²) in [5, 5.41) is 13.7. The molecular formula is C41H50N2O2Si2. The molecular weight excluding hydrogens is 609 g/mol. The van der Waals surface area contributed by atoms with Crippen molar-refractivity contribution < 1.29 is 9.22 Å². The Kier molecular flexibility index (Phi) is 10.8. The number of nitrogens with zero attached hydrogens (tertiary/aromatic N) is 2. The van der Waals surface area contributed by atoms with E-state index in [4.69, 9.17) is 4.43 Å².